The average molecular weight is 294 g/mol. The van der Waals surface area contributed by atoms with Gasteiger partial charge >= 0.3 is 7.27 Å². The molecule has 0 amide bonds. The summed E-state index contributed by atoms with van der Waals surface area (Å²) in [5.74, 6) is 0. The maximum atomic E-state index is 13.8. The van der Waals surface area contributed by atoms with Crippen molar-refractivity contribution in [1.82, 2.24) is 0 Å². The van der Waals surface area contributed by atoms with Crippen LogP contribution in [0.25, 0.3) is 0 Å². The van der Waals surface area contributed by atoms with Crippen molar-refractivity contribution in [2.45, 2.75) is 78.6 Å². The summed E-state index contributed by atoms with van der Waals surface area (Å²) in [6.07, 6.45) is 0. The van der Waals surface area contributed by atoms with E-state index < -0.39 is 7.27 Å². The molecule has 0 heterocycles. The van der Waals surface area contributed by atoms with E-state index in [0.29, 0.717) is 0 Å². The van der Waals surface area contributed by atoms with Crippen LogP contribution in [0.2, 0.25) is 0 Å². The van der Waals surface area contributed by atoms with Crippen molar-refractivity contribution in [3.63, 3.8) is 0 Å². The van der Waals surface area contributed by atoms with Gasteiger partial charge in [-0.15, -0.1) is 0 Å². The third-order valence-corrected chi connectivity index (χ3v) is 3.88. The van der Waals surface area contributed by atoms with Gasteiger partial charge in [0.1, 0.15) is 0 Å². The quantitative estimate of drug-likeness (QED) is 0.623. The molecule has 1 rings (SSSR count). The van der Waals surface area contributed by atoms with Gasteiger partial charge in [-0.25, -0.2) is 0 Å². The predicted molar refractivity (Wildman–Crippen MR) is 90.1 cm³/mol. The van der Waals surface area contributed by atoms with Crippen LogP contribution < -0.4 is 5.46 Å². The van der Waals surface area contributed by atoms with Crippen molar-refractivity contribution in [3.8, 4) is 0 Å². The van der Waals surface area contributed by atoms with Crippen LogP contribution in [0.5, 0.6) is 0 Å². The first-order valence-electron chi connectivity index (χ1n) is 7.63. The van der Waals surface area contributed by atoms with E-state index in [9.17, 15) is 8.63 Å². The Kier molecular flexibility index (Phi) is 4.68. The molecule has 0 aliphatic heterocycles. The van der Waals surface area contributed by atoms with Crippen molar-refractivity contribution in [2.75, 3.05) is 0 Å². The van der Waals surface area contributed by atoms with Gasteiger partial charge < -0.3 is 0 Å². The van der Waals surface area contributed by atoms with Crippen molar-refractivity contribution >= 4 is 12.7 Å². The van der Waals surface area contributed by atoms with E-state index in [2.05, 4.69) is 20.8 Å². The first-order valence-corrected chi connectivity index (χ1v) is 7.63. The Morgan fingerprint density at radius 2 is 1.00 bits per heavy atom. The maximum Gasteiger partial charge on any atom is 0.572 e. The van der Waals surface area contributed by atoms with Crippen LogP contribution in [-0.2, 0) is 16.2 Å². The number of benzene rings is 1. The molecular formula is C18H29BF2. The SMILES string of the molecule is CC(C)(C)c1cc(C(C)(C)C)c(B(F)F)c(C(C)(C)C)c1. The van der Waals surface area contributed by atoms with Crippen LogP contribution in [-0.4, -0.2) is 7.27 Å². The zero-order valence-corrected chi connectivity index (χ0v) is 15.0. The summed E-state index contributed by atoms with van der Waals surface area (Å²) in [6.45, 7) is 18.4. The summed E-state index contributed by atoms with van der Waals surface area (Å²) in [6, 6.07) is 3.97. The molecule has 0 fully saturated rings. The van der Waals surface area contributed by atoms with Crippen molar-refractivity contribution in [1.29, 1.82) is 0 Å². The fourth-order valence-corrected chi connectivity index (χ4v) is 2.56. The summed E-state index contributed by atoms with van der Waals surface area (Å²) < 4.78 is 27.6. The van der Waals surface area contributed by atoms with Crippen molar-refractivity contribution in [3.05, 3.63) is 28.8 Å². The lowest BCUT2D eigenvalue weighted by atomic mass is 9.64. The van der Waals surface area contributed by atoms with E-state index in [1.165, 1.54) is 0 Å². The summed E-state index contributed by atoms with van der Waals surface area (Å²) >= 11 is 0. The molecule has 0 aliphatic carbocycles. The molecule has 3 heteroatoms. The Bertz CT molecular complexity index is 476. The van der Waals surface area contributed by atoms with Crippen LogP contribution in [0.3, 0.4) is 0 Å². The Morgan fingerprint density at radius 3 is 1.19 bits per heavy atom. The second-order valence-electron chi connectivity index (χ2n) is 9.04. The van der Waals surface area contributed by atoms with Gasteiger partial charge in [0.05, 0.1) is 0 Å². The smallest absolute Gasteiger partial charge is 0.281 e. The Morgan fingerprint density at radius 1 is 0.667 bits per heavy atom. The molecule has 0 radical (unpaired) electrons. The topological polar surface area (TPSA) is 0 Å². The third kappa shape index (κ3) is 4.08. The van der Waals surface area contributed by atoms with Gasteiger partial charge in [0.25, 0.3) is 0 Å². The van der Waals surface area contributed by atoms with Gasteiger partial charge in [-0.3, -0.25) is 8.63 Å². The lowest BCUT2D eigenvalue weighted by molar-refractivity contribution is 0.549. The first-order chi connectivity index (χ1) is 9.15. The normalized spacial score (nSPS) is 13.5. The second kappa shape index (κ2) is 5.41. The minimum Gasteiger partial charge on any atom is -0.281 e. The van der Waals surface area contributed by atoms with Crippen LogP contribution in [0.1, 0.15) is 79.0 Å². The molecular weight excluding hydrogens is 265 g/mol. The molecule has 0 atom stereocenters. The summed E-state index contributed by atoms with van der Waals surface area (Å²) in [5, 5.41) is 0. The van der Waals surface area contributed by atoms with E-state index in [4.69, 9.17) is 0 Å². The van der Waals surface area contributed by atoms with Gasteiger partial charge in [0.15, 0.2) is 0 Å². The number of hydrogen-bond donors (Lipinski definition) is 0. The van der Waals surface area contributed by atoms with E-state index in [1.807, 2.05) is 53.7 Å². The van der Waals surface area contributed by atoms with E-state index in [1.54, 1.807) is 0 Å². The van der Waals surface area contributed by atoms with Gasteiger partial charge in [-0.2, -0.15) is 0 Å². The Balaban J connectivity index is 3.85. The van der Waals surface area contributed by atoms with Crippen molar-refractivity contribution in [2.24, 2.45) is 0 Å². The molecule has 0 spiro atoms. The molecule has 21 heavy (non-hydrogen) atoms. The standard InChI is InChI=1S/C18H29BF2/c1-16(2,3)12-10-13(17(4,5)6)15(19(20)21)14(11-12)18(7,8)9/h10-11H,1-9H3. The summed E-state index contributed by atoms with van der Waals surface area (Å²) in [7, 11) is -2.44. The average Bonchev–Trinajstić information content (AvgIpc) is 2.23. The largest absolute Gasteiger partial charge is 0.572 e. The van der Waals surface area contributed by atoms with Crippen LogP contribution in [0.4, 0.5) is 8.63 Å². The highest BCUT2D eigenvalue weighted by molar-refractivity contribution is 6.61. The fraction of sp³-hybridized carbons (Fsp3) is 0.667. The minimum atomic E-state index is -2.44. The monoisotopic (exact) mass is 294 g/mol. The van der Waals surface area contributed by atoms with E-state index in [0.717, 1.165) is 16.7 Å². The minimum absolute atomic E-state index is 0.0549. The molecule has 1 aromatic rings. The molecule has 0 nitrogen and oxygen atoms in total. The lowest BCUT2D eigenvalue weighted by Crippen LogP contribution is -2.39. The maximum absolute atomic E-state index is 13.8. The number of halogens is 2. The van der Waals surface area contributed by atoms with Crippen molar-refractivity contribution < 1.29 is 8.63 Å². The predicted octanol–water partition coefficient (Wildman–Crippen LogP) is 5.21. The van der Waals surface area contributed by atoms with E-state index in [-0.39, 0.29) is 21.7 Å². The fourth-order valence-electron chi connectivity index (χ4n) is 2.56. The highest BCUT2D eigenvalue weighted by Crippen LogP contribution is 2.33. The highest BCUT2D eigenvalue weighted by Gasteiger charge is 2.35. The molecule has 0 unspecified atom stereocenters. The molecule has 1 aromatic carbocycles. The zero-order valence-electron chi connectivity index (χ0n) is 15.0. The van der Waals surface area contributed by atoms with Crippen LogP contribution in [0.15, 0.2) is 12.1 Å². The number of hydrogen-bond acceptors (Lipinski definition) is 0. The second-order valence-corrected chi connectivity index (χ2v) is 9.04. The van der Waals surface area contributed by atoms with E-state index >= 15 is 0 Å². The Labute approximate surface area is 129 Å². The highest BCUT2D eigenvalue weighted by atomic mass is 19.2. The number of rotatable bonds is 1. The van der Waals surface area contributed by atoms with Gasteiger partial charge in [0, 0.05) is 0 Å². The molecule has 0 N–H and O–H groups in total. The van der Waals surface area contributed by atoms with Crippen LogP contribution >= 0.6 is 0 Å². The lowest BCUT2D eigenvalue weighted by Gasteiger charge is -2.33. The summed E-state index contributed by atoms with van der Waals surface area (Å²) in [5.41, 5.74) is 2.25. The Hall–Kier alpha value is -0.855. The zero-order chi connectivity index (χ0) is 16.8. The molecule has 0 saturated heterocycles. The molecule has 0 aromatic heterocycles. The molecule has 118 valence electrons. The molecule has 0 saturated carbocycles. The molecule has 0 bridgehead atoms. The van der Waals surface area contributed by atoms with Gasteiger partial charge in [0.2, 0.25) is 0 Å². The van der Waals surface area contributed by atoms with Gasteiger partial charge in [-0.1, -0.05) is 74.4 Å². The third-order valence-electron chi connectivity index (χ3n) is 3.88. The van der Waals surface area contributed by atoms with Crippen LogP contribution in [0, 0.1) is 0 Å². The first kappa shape index (κ1) is 18.2. The summed E-state index contributed by atoms with van der Waals surface area (Å²) in [4.78, 5) is 0. The molecule has 0 aliphatic rings. The van der Waals surface area contributed by atoms with Gasteiger partial charge in [-0.05, 0) is 38.4 Å².